The van der Waals surface area contributed by atoms with Gasteiger partial charge >= 0.3 is 0 Å². The maximum atomic E-state index is 12.0. The van der Waals surface area contributed by atoms with Crippen LogP contribution in [-0.4, -0.2) is 18.9 Å². The molecule has 0 spiro atoms. The number of benzene rings is 2. The molecule has 0 aliphatic heterocycles. The number of amides is 2. The zero-order chi connectivity index (χ0) is 17.5. The van der Waals surface area contributed by atoms with E-state index >= 15 is 0 Å². The van der Waals surface area contributed by atoms with Gasteiger partial charge in [-0.2, -0.15) is 0 Å². The molecule has 2 rings (SSSR count). The molecule has 0 saturated carbocycles. The van der Waals surface area contributed by atoms with E-state index in [9.17, 15) is 9.59 Å². The molecule has 0 saturated heterocycles. The first-order chi connectivity index (χ1) is 11.5. The minimum atomic E-state index is -0.393. The van der Waals surface area contributed by atoms with E-state index in [-0.39, 0.29) is 12.3 Å². The zero-order valence-electron chi connectivity index (χ0n) is 14.1. The first kappa shape index (κ1) is 17.5. The van der Waals surface area contributed by atoms with E-state index in [1.165, 1.54) is 12.7 Å². The fraction of sp³-hybridized carbons (Fsp3) is 0.263. The average Bonchev–Trinajstić information content (AvgIpc) is 2.55. The number of rotatable bonds is 6. The van der Waals surface area contributed by atoms with Crippen LogP contribution in [0.15, 0.2) is 48.5 Å². The largest absolute Gasteiger partial charge is 0.495 e. The normalized spacial score (nSPS) is 10.3. The first-order valence-electron chi connectivity index (χ1n) is 7.82. The molecule has 2 aromatic rings. The lowest BCUT2D eigenvalue weighted by molar-refractivity contribution is -0.123. The molecule has 0 fully saturated rings. The van der Waals surface area contributed by atoms with E-state index < -0.39 is 5.91 Å². The molecule has 0 aliphatic carbocycles. The fourth-order valence-electron chi connectivity index (χ4n) is 2.24. The van der Waals surface area contributed by atoms with Gasteiger partial charge in [-0.25, -0.2) is 0 Å². The minimum absolute atomic E-state index is 0.260. The molecule has 24 heavy (non-hydrogen) atoms. The predicted octanol–water partition coefficient (Wildman–Crippen LogP) is 3.79. The first-order valence-corrected chi connectivity index (χ1v) is 7.82. The van der Waals surface area contributed by atoms with Crippen LogP contribution < -0.4 is 15.4 Å². The highest BCUT2D eigenvalue weighted by Crippen LogP contribution is 2.23. The molecule has 2 N–H and O–H groups in total. The van der Waals surface area contributed by atoms with Crippen LogP contribution in [0.1, 0.15) is 31.7 Å². The third kappa shape index (κ3) is 4.84. The maximum absolute atomic E-state index is 12.0. The van der Waals surface area contributed by atoms with Crippen LogP contribution >= 0.6 is 0 Å². The van der Waals surface area contributed by atoms with Gasteiger partial charge in [0.15, 0.2) is 0 Å². The third-order valence-electron chi connectivity index (χ3n) is 3.56. The Balaban J connectivity index is 1.90. The molecule has 5 heteroatoms. The monoisotopic (exact) mass is 326 g/mol. The summed E-state index contributed by atoms with van der Waals surface area (Å²) < 4.78 is 5.16. The van der Waals surface area contributed by atoms with Crippen molar-refractivity contribution in [2.24, 2.45) is 0 Å². The van der Waals surface area contributed by atoms with Crippen molar-refractivity contribution in [3.8, 4) is 5.75 Å². The van der Waals surface area contributed by atoms with Crippen molar-refractivity contribution in [1.82, 2.24) is 0 Å². The number of carbonyl (C=O) groups is 2. The second kappa shape index (κ2) is 8.15. The van der Waals surface area contributed by atoms with Crippen LogP contribution in [-0.2, 0) is 9.59 Å². The molecule has 0 radical (unpaired) electrons. The molecule has 2 aromatic carbocycles. The van der Waals surface area contributed by atoms with E-state index in [0.717, 1.165) is 0 Å². The highest BCUT2D eigenvalue weighted by atomic mass is 16.5. The van der Waals surface area contributed by atoms with E-state index in [2.05, 4.69) is 24.5 Å². The van der Waals surface area contributed by atoms with E-state index in [1.807, 2.05) is 30.3 Å². The summed E-state index contributed by atoms with van der Waals surface area (Å²) in [5.74, 6) is 0.229. The Kier molecular flexibility index (Phi) is 5.95. The smallest absolute Gasteiger partial charge is 0.233 e. The minimum Gasteiger partial charge on any atom is -0.495 e. The van der Waals surface area contributed by atoms with Gasteiger partial charge in [0.25, 0.3) is 0 Å². The van der Waals surface area contributed by atoms with Gasteiger partial charge in [-0.1, -0.05) is 38.1 Å². The Morgan fingerprint density at radius 2 is 1.58 bits per heavy atom. The van der Waals surface area contributed by atoms with Crippen LogP contribution in [0.4, 0.5) is 11.4 Å². The molecule has 0 atom stereocenters. The zero-order valence-corrected chi connectivity index (χ0v) is 14.1. The number of carbonyl (C=O) groups excluding carboxylic acids is 2. The van der Waals surface area contributed by atoms with Gasteiger partial charge in [0.2, 0.25) is 11.8 Å². The fourth-order valence-corrected chi connectivity index (χ4v) is 2.24. The van der Waals surface area contributed by atoms with E-state index in [0.29, 0.717) is 23.0 Å². The van der Waals surface area contributed by atoms with Gasteiger partial charge in [0.1, 0.15) is 12.2 Å². The summed E-state index contributed by atoms with van der Waals surface area (Å²) in [6.45, 7) is 4.21. The van der Waals surface area contributed by atoms with Crippen molar-refractivity contribution in [1.29, 1.82) is 0 Å². The Labute approximate surface area is 142 Å². The Morgan fingerprint density at radius 3 is 2.21 bits per heavy atom. The number of hydrogen-bond acceptors (Lipinski definition) is 3. The van der Waals surface area contributed by atoms with Crippen LogP contribution in [0, 0.1) is 0 Å². The lowest BCUT2D eigenvalue weighted by Gasteiger charge is -2.10. The van der Waals surface area contributed by atoms with E-state index in [4.69, 9.17) is 4.74 Å². The highest BCUT2D eigenvalue weighted by Gasteiger charge is 2.12. The molecule has 126 valence electrons. The summed E-state index contributed by atoms with van der Waals surface area (Å²) in [7, 11) is 1.53. The highest BCUT2D eigenvalue weighted by molar-refractivity contribution is 6.08. The van der Waals surface area contributed by atoms with Crippen LogP contribution in [0.5, 0.6) is 5.75 Å². The predicted molar refractivity (Wildman–Crippen MR) is 95.4 cm³/mol. The van der Waals surface area contributed by atoms with Crippen molar-refractivity contribution in [2.45, 2.75) is 26.2 Å². The van der Waals surface area contributed by atoms with Crippen molar-refractivity contribution >= 4 is 23.2 Å². The van der Waals surface area contributed by atoms with Gasteiger partial charge < -0.3 is 15.4 Å². The van der Waals surface area contributed by atoms with Gasteiger partial charge in [0.05, 0.1) is 12.8 Å². The Morgan fingerprint density at radius 1 is 0.958 bits per heavy atom. The second-order valence-corrected chi connectivity index (χ2v) is 5.75. The topological polar surface area (TPSA) is 67.4 Å². The van der Waals surface area contributed by atoms with Gasteiger partial charge in [-0.05, 0) is 35.7 Å². The Hall–Kier alpha value is -2.82. The molecule has 0 heterocycles. The van der Waals surface area contributed by atoms with Gasteiger partial charge in [-0.15, -0.1) is 0 Å². The standard InChI is InChI=1S/C19H22N2O3/c1-13(2)14-8-10-15(11-9-14)20-18(22)12-19(23)21-16-6-4-5-7-17(16)24-3/h4-11,13H,12H2,1-3H3,(H,20,22)(H,21,23). The number of anilines is 2. The molecule has 0 bridgehead atoms. The molecule has 5 nitrogen and oxygen atoms in total. The second-order valence-electron chi connectivity index (χ2n) is 5.75. The SMILES string of the molecule is COc1ccccc1NC(=O)CC(=O)Nc1ccc(C(C)C)cc1. The molecule has 0 unspecified atom stereocenters. The number of hydrogen-bond donors (Lipinski definition) is 2. The van der Waals surface area contributed by atoms with Crippen molar-refractivity contribution in [3.63, 3.8) is 0 Å². The van der Waals surface area contributed by atoms with Crippen LogP contribution in [0.2, 0.25) is 0 Å². The quantitative estimate of drug-likeness (QED) is 0.794. The summed E-state index contributed by atoms with van der Waals surface area (Å²) in [6, 6.07) is 14.7. The van der Waals surface area contributed by atoms with Crippen LogP contribution in [0.3, 0.4) is 0 Å². The summed E-state index contributed by atoms with van der Waals surface area (Å²) in [4.78, 5) is 24.0. The lowest BCUT2D eigenvalue weighted by atomic mass is 10.0. The number of para-hydroxylation sites is 2. The molecular formula is C19H22N2O3. The number of ether oxygens (including phenoxy) is 1. The van der Waals surface area contributed by atoms with E-state index in [1.54, 1.807) is 18.2 Å². The van der Waals surface area contributed by atoms with Crippen molar-refractivity contribution in [2.75, 3.05) is 17.7 Å². The number of methoxy groups -OCH3 is 1. The number of nitrogens with one attached hydrogen (secondary N) is 2. The molecule has 0 aromatic heterocycles. The maximum Gasteiger partial charge on any atom is 0.233 e. The molecule has 2 amide bonds. The summed E-state index contributed by atoms with van der Waals surface area (Å²) in [5, 5.41) is 5.40. The average molecular weight is 326 g/mol. The Bertz CT molecular complexity index is 709. The lowest BCUT2D eigenvalue weighted by Crippen LogP contribution is -2.21. The van der Waals surface area contributed by atoms with Gasteiger partial charge in [-0.3, -0.25) is 9.59 Å². The summed E-state index contributed by atoms with van der Waals surface area (Å²) >= 11 is 0. The molecular weight excluding hydrogens is 304 g/mol. The van der Waals surface area contributed by atoms with Crippen LogP contribution in [0.25, 0.3) is 0 Å². The van der Waals surface area contributed by atoms with Crippen molar-refractivity contribution in [3.05, 3.63) is 54.1 Å². The summed E-state index contributed by atoms with van der Waals surface area (Å²) in [5.41, 5.74) is 2.41. The molecule has 0 aliphatic rings. The third-order valence-corrected chi connectivity index (χ3v) is 3.56. The van der Waals surface area contributed by atoms with Gasteiger partial charge in [0, 0.05) is 5.69 Å². The van der Waals surface area contributed by atoms with Crippen molar-refractivity contribution < 1.29 is 14.3 Å². The summed E-state index contributed by atoms with van der Waals surface area (Å²) in [6.07, 6.45) is -0.260.